The number of nitrogens with zero attached hydrogens (tertiary/aromatic N) is 2. The Morgan fingerprint density at radius 2 is 2.15 bits per heavy atom. The summed E-state index contributed by atoms with van der Waals surface area (Å²) in [6.45, 7) is 0.143. The van der Waals surface area contributed by atoms with Gasteiger partial charge >= 0.3 is 5.97 Å². The van der Waals surface area contributed by atoms with Crippen LogP contribution in [0.3, 0.4) is 0 Å². The van der Waals surface area contributed by atoms with E-state index in [9.17, 15) is 9.59 Å². The lowest BCUT2D eigenvalue weighted by molar-refractivity contribution is 0.0694. The SMILES string of the molecule is N#Cc1ccc(Cn2cccc(C(=O)O)c2=O)c(Cl)c1. The minimum atomic E-state index is -1.27. The number of halogens is 1. The van der Waals surface area contributed by atoms with E-state index in [1.807, 2.05) is 6.07 Å². The summed E-state index contributed by atoms with van der Waals surface area (Å²) in [4.78, 5) is 22.8. The Labute approximate surface area is 119 Å². The second kappa shape index (κ2) is 5.59. The van der Waals surface area contributed by atoms with E-state index in [4.69, 9.17) is 22.0 Å². The van der Waals surface area contributed by atoms with E-state index < -0.39 is 11.5 Å². The van der Waals surface area contributed by atoms with Crippen molar-refractivity contribution < 1.29 is 9.90 Å². The third-order valence-corrected chi connectivity index (χ3v) is 3.13. The van der Waals surface area contributed by atoms with E-state index >= 15 is 0 Å². The summed E-state index contributed by atoms with van der Waals surface area (Å²) in [7, 11) is 0. The summed E-state index contributed by atoms with van der Waals surface area (Å²) in [6, 6.07) is 9.44. The van der Waals surface area contributed by atoms with E-state index in [0.29, 0.717) is 16.1 Å². The molecule has 0 radical (unpaired) electrons. The van der Waals surface area contributed by atoms with E-state index in [1.54, 1.807) is 12.1 Å². The van der Waals surface area contributed by atoms with Gasteiger partial charge in [0, 0.05) is 11.2 Å². The molecule has 0 bridgehead atoms. The van der Waals surface area contributed by atoms with Crippen molar-refractivity contribution in [1.82, 2.24) is 4.57 Å². The lowest BCUT2D eigenvalue weighted by Gasteiger charge is -2.08. The van der Waals surface area contributed by atoms with Crippen LogP contribution in [0.25, 0.3) is 0 Å². The van der Waals surface area contributed by atoms with Crippen LogP contribution < -0.4 is 5.56 Å². The summed E-state index contributed by atoms with van der Waals surface area (Å²) in [6.07, 6.45) is 1.49. The van der Waals surface area contributed by atoms with Gasteiger partial charge in [0.15, 0.2) is 0 Å². The first-order chi connectivity index (χ1) is 9.52. The monoisotopic (exact) mass is 288 g/mol. The third-order valence-electron chi connectivity index (χ3n) is 2.77. The summed E-state index contributed by atoms with van der Waals surface area (Å²) in [5.41, 5.74) is 0.165. The number of benzene rings is 1. The van der Waals surface area contributed by atoms with Gasteiger partial charge in [0.25, 0.3) is 5.56 Å². The molecule has 0 saturated heterocycles. The van der Waals surface area contributed by atoms with Crippen LogP contribution in [0.5, 0.6) is 0 Å². The fourth-order valence-electron chi connectivity index (χ4n) is 1.75. The number of hydrogen-bond acceptors (Lipinski definition) is 3. The van der Waals surface area contributed by atoms with Crippen LogP contribution >= 0.6 is 11.6 Å². The minimum absolute atomic E-state index is 0.143. The maximum atomic E-state index is 11.9. The molecule has 0 atom stereocenters. The molecule has 0 aliphatic heterocycles. The first-order valence-corrected chi connectivity index (χ1v) is 6.02. The molecule has 0 fully saturated rings. The van der Waals surface area contributed by atoms with Crippen LogP contribution in [0.15, 0.2) is 41.3 Å². The van der Waals surface area contributed by atoms with E-state index in [0.717, 1.165) is 0 Å². The Balaban J connectivity index is 2.41. The standard InChI is InChI=1S/C14H9ClN2O3/c15-12-6-9(7-16)3-4-10(12)8-17-5-1-2-11(13(17)18)14(19)20/h1-6H,8H2,(H,19,20). The largest absolute Gasteiger partial charge is 0.477 e. The van der Waals surface area contributed by atoms with Gasteiger partial charge in [-0.1, -0.05) is 17.7 Å². The molecule has 1 aromatic carbocycles. The fourth-order valence-corrected chi connectivity index (χ4v) is 1.99. The molecule has 1 aromatic heterocycles. The number of carbonyl (C=O) groups is 1. The lowest BCUT2D eigenvalue weighted by atomic mass is 10.1. The predicted molar refractivity (Wildman–Crippen MR) is 72.9 cm³/mol. The maximum Gasteiger partial charge on any atom is 0.341 e. The summed E-state index contributed by atoms with van der Waals surface area (Å²) in [5, 5.41) is 18.0. The van der Waals surface area contributed by atoms with Crippen molar-refractivity contribution in [3.63, 3.8) is 0 Å². The Kier molecular flexibility index (Phi) is 3.87. The van der Waals surface area contributed by atoms with E-state index in [2.05, 4.69) is 0 Å². The molecular weight excluding hydrogens is 280 g/mol. The van der Waals surface area contributed by atoms with Crippen LogP contribution in [0.2, 0.25) is 5.02 Å². The highest BCUT2D eigenvalue weighted by atomic mass is 35.5. The van der Waals surface area contributed by atoms with Crippen molar-refractivity contribution in [1.29, 1.82) is 5.26 Å². The normalized spacial score (nSPS) is 10.0. The highest BCUT2D eigenvalue weighted by Crippen LogP contribution is 2.18. The summed E-state index contributed by atoms with van der Waals surface area (Å²) in [5.74, 6) is -1.27. The lowest BCUT2D eigenvalue weighted by Crippen LogP contribution is -2.26. The van der Waals surface area contributed by atoms with Crippen molar-refractivity contribution in [3.8, 4) is 6.07 Å². The minimum Gasteiger partial charge on any atom is -0.477 e. The van der Waals surface area contributed by atoms with Gasteiger partial charge in [-0.3, -0.25) is 4.79 Å². The van der Waals surface area contributed by atoms with Gasteiger partial charge in [0.05, 0.1) is 18.2 Å². The number of pyridine rings is 1. The van der Waals surface area contributed by atoms with Gasteiger partial charge in [0.1, 0.15) is 5.56 Å². The van der Waals surface area contributed by atoms with Gasteiger partial charge in [0.2, 0.25) is 0 Å². The second-order valence-electron chi connectivity index (χ2n) is 4.08. The number of carboxylic acids is 1. The third kappa shape index (κ3) is 2.71. The Hall–Kier alpha value is -2.58. The molecule has 5 nitrogen and oxygen atoms in total. The number of hydrogen-bond donors (Lipinski definition) is 1. The molecule has 0 saturated carbocycles. The van der Waals surface area contributed by atoms with Gasteiger partial charge < -0.3 is 9.67 Å². The zero-order valence-corrected chi connectivity index (χ0v) is 11.0. The smallest absolute Gasteiger partial charge is 0.341 e. The van der Waals surface area contributed by atoms with Crippen molar-refractivity contribution >= 4 is 17.6 Å². The van der Waals surface area contributed by atoms with Crippen molar-refractivity contribution in [2.75, 3.05) is 0 Å². The van der Waals surface area contributed by atoms with E-state index in [1.165, 1.54) is 29.0 Å². The molecule has 0 aliphatic rings. The number of aromatic carboxylic acids is 1. The highest BCUT2D eigenvalue weighted by Gasteiger charge is 2.11. The second-order valence-corrected chi connectivity index (χ2v) is 4.49. The average Bonchev–Trinajstić information content (AvgIpc) is 2.42. The van der Waals surface area contributed by atoms with Gasteiger partial charge in [-0.25, -0.2) is 4.79 Å². The van der Waals surface area contributed by atoms with Gasteiger partial charge in [-0.15, -0.1) is 0 Å². The molecule has 0 aliphatic carbocycles. The molecule has 100 valence electrons. The van der Waals surface area contributed by atoms with Crippen LogP contribution in [0, 0.1) is 11.3 Å². The van der Waals surface area contributed by atoms with Crippen LogP contribution in [0.1, 0.15) is 21.5 Å². The van der Waals surface area contributed by atoms with E-state index in [-0.39, 0.29) is 12.1 Å². The quantitative estimate of drug-likeness (QED) is 0.937. The molecule has 0 amide bonds. The molecule has 0 spiro atoms. The zero-order valence-electron chi connectivity index (χ0n) is 10.2. The number of carboxylic acid groups (broad SMARTS) is 1. The first-order valence-electron chi connectivity index (χ1n) is 5.64. The Bertz CT molecular complexity index is 775. The maximum absolute atomic E-state index is 11.9. The molecule has 20 heavy (non-hydrogen) atoms. The topological polar surface area (TPSA) is 83.1 Å². The molecule has 6 heteroatoms. The molecule has 1 N–H and O–H groups in total. The van der Waals surface area contributed by atoms with Crippen molar-refractivity contribution in [2.24, 2.45) is 0 Å². The average molecular weight is 289 g/mol. The first kappa shape index (κ1) is 13.8. The number of aromatic nitrogens is 1. The van der Waals surface area contributed by atoms with Crippen molar-refractivity contribution in [2.45, 2.75) is 6.54 Å². The van der Waals surface area contributed by atoms with Crippen LogP contribution in [-0.2, 0) is 6.54 Å². The molecule has 2 rings (SSSR count). The van der Waals surface area contributed by atoms with Crippen LogP contribution in [0.4, 0.5) is 0 Å². The van der Waals surface area contributed by atoms with Gasteiger partial charge in [-0.05, 0) is 29.8 Å². The molecular formula is C14H9ClN2O3. The number of rotatable bonds is 3. The highest BCUT2D eigenvalue weighted by molar-refractivity contribution is 6.31. The number of nitriles is 1. The molecule has 2 aromatic rings. The Morgan fingerprint density at radius 3 is 2.75 bits per heavy atom. The summed E-state index contributed by atoms with van der Waals surface area (Å²) >= 11 is 6.03. The molecule has 0 unspecified atom stereocenters. The Morgan fingerprint density at radius 1 is 1.40 bits per heavy atom. The zero-order chi connectivity index (χ0) is 14.7. The van der Waals surface area contributed by atoms with Gasteiger partial charge in [-0.2, -0.15) is 5.26 Å². The summed E-state index contributed by atoms with van der Waals surface area (Å²) < 4.78 is 1.26. The fraction of sp³-hybridized carbons (Fsp3) is 0.0714. The van der Waals surface area contributed by atoms with Crippen molar-refractivity contribution in [3.05, 3.63) is 68.6 Å². The predicted octanol–water partition coefficient (Wildman–Crippen LogP) is 2.12. The van der Waals surface area contributed by atoms with Crippen LogP contribution in [-0.4, -0.2) is 15.6 Å². The molecule has 1 heterocycles.